The minimum Gasteiger partial charge on any atom is -0.397 e. The molecule has 4 aromatic rings. The Balaban J connectivity index is 1.07. The number of hydrogen-bond donors (Lipinski definition) is 2. The van der Waals surface area contributed by atoms with E-state index in [1.807, 2.05) is 24.3 Å². The van der Waals surface area contributed by atoms with Gasteiger partial charge in [-0.25, -0.2) is 4.79 Å². The van der Waals surface area contributed by atoms with Gasteiger partial charge in [-0.1, -0.05) is 18.2 Å². The van der Waals surface area contributed by atoms with E-state index in [-0.39, 0.29) is 46.4 Å². The number of H-pyrrole nitrogens is 1. The number of rotatable bonds is 7. The van der Waals surface area contributed by atoms with Gasteiger partial charge in [0, 0.05) is 54.5 Å². The molecule has 3 saturated heterocycles. The van der Waals surface area contributed by atoms with Crippen LogP contribution >= 0.6 is 15.9 Å². The molecule has 3 aliphatic heterocycles. The third kappa shape index (κ3) is 6.88. The van der Waals surface area contributed by atoms with Crippen molar-refractivity contribution in [3.05, 3.63) is 68.7 Å². The normalized spacial score (nSPS) is 19.1. The molecule has 7 rings (SSSR count). The molecule has 10 nitrogen and oxygen atoms in total. The van der Waals surface area contributed by atoms with E-state index in [0.29, 0.717) is 50.6 Å². The molecule has 3 N–H and O–H groups in total. The van der Waals surface area contributed by atoms with Crippen LogP contribution in [-0.2, 0) is 22.2 Å². The summed E-state index contributed by atoms with van der Waals surface area (Å²) in [5.74, 6) is -1.27. The van der Waals surface area contributed by atoms with Crippen molar-refractivity contribution >= 4 is 55.4 Å². The number of benzene rings is 2. The van der Waals surface area contributed by atoms with E-state index in [0.717, 1.165) is 48.4 Å². The van der Waals surface area contributed by atoms with Gasteiger partial charge in [-0.2, -0.15) is 13.2 Å². The van der Waals surface area contributed by atoms with E-state index < -0.39 is 23.3 Å². The van der Waals surface area contributed by atoms with Crippen molar-refractivity contribution in [2.45, 2.75) is 69.6 Å². The molecule has 2 aromatic heterocycles. The molecule has 0 spiro atoms. The highest BCUT2D eigenvalue weighted by molar-refractivity contribution is 9.10. The van der Waals surface area contributed by atoms with Gasteiger partial charge in [0.05, 0.1) is 39.9 Å². The first-order valence-electron chi connectivity index (χ1n) is 17.4. The molecule has 0 unspecified atom stereocenters. The maximum absolute atomic E-state index is 14.1. The van der Waals surface area contributed by atoms with Crippen LogP contribution in [0.1, 0.15) is 62.1 Å². The Hall–Kier alpha value is -3.91. The number of piperidine rings is 2. The molecule has 0 saturated carbocycles. The van der Waals surface area contributed by atoms with Crippen LogP contribution in [0.2, 0.25) is 0 Å². The number of nitrogens with two attached hydrogens (primary N) is 1. The predicted molar refractivity (Wildman–Crippen MR) is 188 cm³/mol. The number of aromatic nitrogens is 3. The average molecular weight is 757 g/mol. The highest BCUT2D eigenvalue weighted by Crippen LogP contribution is 2.39. The maximum atomic E-state index is 14.1. The van der Waals surface area contributed by atoms with Crippen LogP contribution in [0.5, 0.6) is 0 Å². The van der Waals surface area contributed by atoms with Crippen LogP contribution in [0.4, 0.5) is 18.9 Å². The first-order chi connectivity index (χ1) is 24.0. The fraction of sp³-hybridized carbons (Fsp3) is 0.500. The summed E-state index contributed by atoms with van der Waals surface area (Å²) in [6.45, 7) is 4.03. The molecule has 14 heteroatoms. The van der Waals surface area contributed by atoms with Crippen molar-refractivity contribution in [2.75, 3.05) is 45.0 Å². The van der Waals surface area contributed by atoms with E-state index in [1.165, 1.54) is 18.9 Å². The van der Waals surface area contributed by atoms with E-state index in [2.05, 4.69) is 30.8 Å². The Morgan fingerprint density at radius 3 is 2.32 bits per heavy atom. The maximum Gasteiger partial charge on any atom is 0.418 e. The molecule has 3 aliphatic rings. The Kier molecular flexibility index (Phi) is 9.68. The summed E-state index contributed by atoms with van der Waals surface area (Å²) in [6, 6.07) is 10.4. The Labute approximate surface area is 295 Å². The molecular weight excluding hydrogens is 715 g/mol. The lowest BCUT2D eigenvalue weighted by molar-refractivity contribution is -0.143. The molecule has 1 atom stereocenters. The number of imidazole rings is 1. The first kappa shape index (κ1) is 34.5. The van der Waals surface area contributed by atoms with Gasteiger partial charge in [0.1, 0.15) is 0 Å². The van der Waals surface area contributed by atoms with Crippen LogP contribution in [-0.4, -0.2) is 86.4 Å². The van der Waals surface area contributed by atoms with Gasteiger partial charge in [0.15, 0.2) is 0 Å². The van der Waals surface area contributed by atoms with Crippen LogP contribution in [0.15, 0.2) is 51.9 Å². The highest BCUT2D eigenvalue weighted by Gasteiger charge is 2.37. The minimum absolute atomic E-state index is 0.0270. The second-order valence-electron chi connectivity index (χ2n) is 13.9. The molecule has 50 heavy (non-hydrogen) atoms. The zero-order chi connectivity index (χ0) is 35.2. The van der Waals surface area contributed by atoms with E-state index in [9.17, 15) is 27.6 Å². The number of halogens is 4. The molecule has 2 amide bonds. The summed E-state index contributed by atoms with van der Waals surface area (Å²) >= 11 is 3.17. The lowest BCUT2D eigenvalue weighted by Gasteiger charge is -2.38. The Morgan fingerprint density at radius 2 is 1.62 bits per heavy atom. The molecule has 2 aromatic carbocycles. The summed E-state index contributed by atoms with van der Waals surface area (Å²) in [4.78, 5) is 54.6. The molecule has 0 radical (unpaired) electrons. The van der Waals surface area contributed by atoms with Gasteiger partial charge in [-0.15, -0.1) is 0 Å². The summed E-state index contributed by atoms with van der Waals surface area (Å²) < 4.78 is 43.4. The number of alkyl halides is 3. The molecule has 3 fully saturated rings. The standard InChI is InChI=1S/C36H41BrF3N7O3/c37-28-19-22(18-27(32(28)41)36(38,39)40)17-23(34(49)46-15-7-24(8-16-46)44-11-3-4-12-44)20-31(48)45-13-9-25(10-14-45)47-30-21-42-29-6-2-1-5-26(29)33(30)43-35(47)50/h1-2,5-6,18-19,21,23-25H,3-4,7-17,20,41H2,(H,43,50)/t23-/m0/s1. The molecule has 5 heterocycles. The zero-order valence-electron chi connectivity index (χ0n) is 27.7. The smallest absolute Gasteiger partial charge is 0.397 e. The fourth-order valence-electron chi connectivity index (χ4n) is 8.17. The summed E-state index contributed by atoms with van der Waals surface area (Å²) in [7, 11) is 0. The van der Waals surface area contributed by atoms with Gasteiger partial charge in [-0.3, -0.25) is 19.1 Å². The lowest BCUT2D eigenvalue weighted by Crippen LogP contribution is -2.48. The van der Waals surface area contributed by atoms with Gasteiger partial charge < -0.3 is 25.4 Å². The molecule has 266 valence electrons. The topological polar surface area (TPSA) is 121 Å². The number of nitrogens with one attached hydrogen (secondary N) is 1. The van der Waals surface area contributed by atoms with Crippen molar-refractivity contribution in [2.24, 2.45) is 5.92 Å². The van der Waals surface area contributed by atoms with Crippen LogP contribution < -0.4 is 11.4 Å². The number of fused-ring (bicyclic) bond motifs is 3. The number of nitrogen functional groups attached to an aromatic ring is 1. The average Bonchev–Trinajstić information content (AvgIpc) is 3.77. The second-order valence-corrected chi connectivity index (χ2v) is 14.7. The largest absolute Gasteiger partial charge is 0.418 e. The summed E-state index contributed by atoms with van der Waals surface area (Å²) in [5.41, 5.74) is 6.67. The van der Waals surface area contributed by atoms with Crippen molar-refractivity contribution in [3.63, 3.8) is 0 Å². The SMILES string of the molecule is Nc1c(Br)cc(C[C@@H](CC(=O)N2CCC(n3c(=O)[nH]c4c5ccccc5ncc43)CC2)C(=O)N2CCC(N3CCCC3)CC2)cc1C(F)(F)F. The van der Waals surface area contributed by atoms with Crippen molar-refractivity contribution in [1.29, 1.82) is 0 Å². The number of carbonyl (C=O) groups excluding carboxylic acids is 2. The monoisotopic (exact) mass is 755 g/mol. The van der Waals surface area contributed by atoms with Crippen LogP contribution in [0, 0.1) is 5.92 Å². The number of hydrogen-bond acceptors (Lipinski definition) is 6. The van der Waals surface area contributed by atoms with Crippen molar-refractivity contribution < 1.29 is 22.8 Å². The van der Waals surface area contributed by atoms with Gasteiger partial charge in [0.25, 0.3) is 0 Å². The first-order valence-corrected chi connectivity index (χ1v) is 18.2. The van der Waals surface area contributed by atoms with Gasteiger partial charge in [-0.05, 0) is 97.7 Å². The van der Waals surface area contributed by atoms with Crippen LogP contribution in [0.3, 0.4) is 0 Å². The number of aromatic amines is 1. The number of pyridine rings is 1. The number of nitrogens with zero attached hydrogens (tertiary/aromatic N) is 5. The second kappa shape index (κ2) is 14.0. The zero-order valence-corrected chi connectivity index (χ0v) is 29.3. The van der Waals surface area contributed by atoms with Crippen LogP contribution in [0.25, 0.3) is 21.9 Å². The van der Waals surface area contributed by atoms with Crippen molar-refractivity contribution in [1.82, 2.24) is 29.2 Å². The van der Waals surface area contributed by atoms with E-state index in [4.69, 9.17) is 5.73 Å². The predicted octanol–water partition coefficient (Wildman–Crippen LogP) is 5.74. The minimum atomic E-state index is -4.67. The lowest BCUT2D eigenvalue weighted by atomic mass is 9.91. The number of anilines is 1. The number of para-hydroxylation sites is 1. The molecule has 0 aliphatic carbocycles. The van der Waals surface area contributed by atoms with Gasteiger partial charge >= 0.3 is 11.9 Å². The summed E-state index contributed by atoms with van der Waals surface area (Å²) in [5, 5.41) is 0.861. The third-order valence-electron chi connectivity index (χ3n) is 10.8. The third-order valence-corrected chi connectivity index (χ3v) is 11.5. The Bertz CT molecular complexity index is 1960. The molecular formula is C36H41BrF3N7O3. The fourth-order valence-corrected chi connectivity index (χ4v) is 8.68. The van der Waals surface area contributed by atoms with Crippen molar-refractivity contribution in [3.8, 4) is 0 Å². The Morgan fingerprint density at radius 1 is 0.960 bits per heavy atom. The quantitative estimate of drug-likeness (QED) is 0.232. The molecule has 0 bridgehead atoms. The number of carbonyl (C=O) groups is 2. The number of likely N-dealkylation sites (tertiary alicyclic amines) is 3. The van der Waals surface area contributed by atoms with E-state index >= 15 is 0 Å². The number of amides is 2. The highest BCUT2D eigenvalue weighted by atomic mass is 79.9. The summed E-state index contributed by atoms with van der Waals surface area (Å²) in [6.07, 6.45) is 2.00. The van der Waals surface area contributed by atoms with E-state index in [1.54, 1.807) is 20.6 Å². The van der Waals surface area contributed by atoms with Gasteiger partial charge in [0.2, 0.25) is 11.8 Å².